The third-order valence-corrected chi connectivity index (χ3v) is 3.42. The molecule has 1 aliphatic rings. The summed E-state index contributed by atoms with van der Waals surface area (Å²) in [6, 6.07) is 3.87. The fraction of sp³-hybridized carbons (Fsp3) is 0.455. The summed E-state index contributed by atoms with van der Waals surface area (Å²) in [4.78, 5) is 17.7. The average Bonchev–Trinajstić information content (AvgIpc) is 2.67. The number of ketones is 1. The maximum absolute atomic E-state index is 11.2. The summed E-state index contributed by atoms with van der Waals surface area (Å²) in [5.74, 6) is 1.41. The molecule has 2 heterocycles. The normalized spacial score (nSPS) is 20.7. The van der Waals surface area contributed by atoms with Crippen LogP contribution in [0.2, 0.25) is 0 Å². The van der Waals surface area contributed by atoms with Crippen LogP contribution in [0.5, 0.6) is 0 Å². The second-order valence-electron chi connectivity index (χ2n) is 3.85. The highest BCUT2D eigenvalue weighted by Crippen LogP contribution is 2.28. The van der Waals surface area contributed by atoms with Gasteiger partial charge in [-0.2, -0.15) is 0 Å². The van der Waals surface area contributed by atoms with Crippen LogP contribution in [0.15, 0.2) is 22.8 Å². The molecule has 0 bridgehead atoms. The minimum atomic E-state index is 0.180. The number of carbonyl (C=O) groups excluding carboxylic acids is 1. The first-order valence-electron chi connectivity index (χ1n) is 5.04. The van der Waals surface area contributed by atoms with Crippen molar-refractivity contribution >= 4 is 27.5 Å². The van der Waals surface area contributed by atoms with Crippen LogP contribution in [0, 0.1) is 5.92 Å². The number of carbonyl (C=O) groups is 1. The van der Waals surface area contributed by atoms with Crippen molar-refractivity contribution in [1.29, 1.82) is 0 Å². The van der Waals surface area contributed by atoms with Crippen LogP contribution in [0.3, 0.4) is 0 Å². The molecular weight excluding hydrogens is 256 g/mol. The molecule has 1 fully saturated rings. The molecule has 2 rings (SSSR count). The topological polar surface area (TPSA) is 33.2 Å². The summed E-state index contributed by atoms with van der Waals surface area (Å²) >= 11 is 3.47. The summed E-state index contributed by atoms with van der Waals surface area (Å²) in [6.07, 6.45) is 2.72. The van der Waals surface area contributed by atoms with E-state index in [1.165, 1.54) is 0 Å². The average molecular weight is 269 g/mol. The van der Waals surface area contributed by atoms with Crippen molar-refractivity contribution in [3.05, 3.63) is 22.8 Å². The van der Waals surface area contributed by atoms with Gasteiger partial charge in [0.25, 0.3) is 0 Å². The van der Waals surface area contributed by atoms with Gasteiger partial charge in [-0.15, -0.1) is 0 Å². The fourth-order valence-corrected chi connectivity index (χ4v) is 2.40. The fourth-order valence-electron chi connectivity index (χ4n) is 1.89. The second-order valence-corrected chi connectivity index (χ2v) is 4.71. The van der Waals surface area contributed by atoms with E-state index >= 15 is 0 Å². The Labute approximate surface area is 97.6 Å². The van der Waals surface area contributed by atoms with Crippen molar-refractivity contribution in [2.24, 2.45) is 5.92 Å². The Morgan fingerprint density at radius 3 is 3.07 bits per heavy atom. The summed E-state index contributed by atoms with van der Waals surface area (Å²) in [7, 11) is 0. The van der Waals surface area contributed by atoms with Gasteiger partial charge in [0.05, 0.1) is 4.47 Å². The molecule has 1 saturated heterocycles. The van der Waals surface area contributed by atoms with Crippen molar-refractivity contribution in [1.82, 2.24) is 4.98 Å². The lowest BCUT2D eigenvalue weighted by Gasteiger charge is -2.17. The lowest BCUT2D eigenvalue weighted by Crippen LogP contribution is -2.23. The van der Waals surface area contributed by atoms with Gasteiger partial charge in [-0.05, 0) is 41.4 Å². The Kier molecular flexibility index (Phi) is 3.05. The zero-order valence-corrected chi connectivity index (χ0v) is 10.2. The number of hydrogen-bond acceptors (Lipinski definition) is 3. The highest BCUT2D eigenvalue weighted by molar-refractivity contribution is 9.10. The van der Waals surface area contributed by atoms with Gasteiger partial charge >= 0.3 is 0 Å². The molecule has 1 aromatic heterocycles. The number of aromatic nitrogens is 1. The first-order chi connectivity index (χ1) is 7.18. The molecule has 0 N–H and O–H groups in total. The molecule has 80 valence electrons. The van der Waals surface area contributed by atoms with E-state index < -0.39 is 0 Å². The molecule has 1 aliphatic heterocycles. The maximum Gasteiger partial charge on any atom is 0.142 e. The van der Waals surface area contributed by atoms with Crippen molar-refractivity contribution < 1.29 is 4.79 Å². The number of anilines is 1. The van der Waals surface area contributed by atoms with Crippen LogP contribution >= 0.6 is 15.9 Å². The number of rotatable bonds is 2. The van der Waals surface area contributed by atoms with Crippen LogP contribution in [0.1, 0.15) is 13.3 Å². The van der Waals surface area contributed by atoms with E-state index in [4.69, 9.17) is 0 Å². The minimum absolute atomic E-state index is 0.180. The number of hydrogen-bond donors (Lipinski definition) is 0. The van der Waals surface area contributed by atoms with Crippen LogP contribution in [-0.4, -0.2) is 23.9 Å². The Morgan fingerprint density at radius 1 is 1.67 bits per heavy atom. The molecule has 15 heavy (non-hydrogen) atoms. The number of halogens is 1. The molecule has 0 spiro atoms. The standard InChI is InChI=1S/C11H13BrN2O/c1-8(15)9-4-6-14(7-9)11-10(12)3-2-5-13-11/h2-3,5,9H,4,6-7H2,1H3/t9-/m1/s1. The van der Waals surface area contributed by atoms with Gasteiger partial charge in [0.1, 0.15) is 11.6 Å². The SMILES string of the molecule is CC(=O)[C@@H]1CCN(c2ncccc2Br)C1. The van der Waals surface area contributed by atoms with Gasteiger partial charge in [-0.1, -0.05) is 0 Å². The summed E-state index contributed by atoms with van der Waals surface area (Å²) in [5, 5.41) is 0. The van der Waals surface area contributed by atoms with Gasteiger partial charge < -0.3 is 4.90 Å². The van der Waals surface area contributed by atoms with E-state index in [2.05, 4.69) is 25.8 Å². The molecule has 0 radical (unpaired) electrons. The number of Topliss-reactive ketones (excluding diaryl/α,β-unsaturated/α-hetero) is 1. The molecule has 0 amide bonds. The molecule has 0 saturated carbocycles. The highest BCUT2D eigenvalue weighted by Gasteiger charge is 2.27. The summed E-state index contributed by atoms with van der Waals surface area (Å²) in [6.45, 7) is 3.38. The zero-order chi connectivity index (χ0) is 10.8. The van der Waals surface area contributed by atoms with Crippen LogP contribution < -0.4 is 4.90 Å². The van der Waals surface area contributed by atoms with Crippen molar-refractivity contribution in [3.63, 3.8) is 0 Å². The minimum Gasteiger partial charge on any atom is -0.355 e. The molecule has 1 atom stereocenters. The first-order valence-corrected chi connectivity index (χ1v) is 5.83. The molecule has 4 heteroatoms. The third kappa shape index (κ3) is 2.20. The number of pyridine rings is 1. The Balaban J connectivity index is 2.14. The van der Waals surface area contributed by atoms with Gasteiger partial charge in [0.2, 0.25) is 0 Å². The smallest absolute Gasteiger partial charge is 0.142 e. The van der Waals surface area contributed by atoms with Crippen LogP contribution in [-0.2, 0) is 4.79 Å². The molecule has 3 nitrogen and oxygen atoms in total. The summed E-state index contributed by atoms with van der Waals surface area (Å²) < 4.78 is 0.995. The third-order valence-electron chi connectivity index (χ3n) is 2.80. The van der Waals surface area contributed by atoms with Crippen molar-refractivity contribution in [2.75, 3.05) is 18.0 Å². The number of nitrogens with zero attached hydrogens (tertiary/aromatic N) is 2. The Bertz CT molecular complexity index is 381. The zero-order valence-electron chi connectivity index (χ0n) is 8.61. The molecular formula is C11H13BrN2O. The summed E-state index contributed by atoms with van der Waals surface area (Å²) in [5.41, 5.74) is 0. The van der Waals surface area contributed by atoms with E-state index in [0.29, 0.717) is 0 Å². The van der Waals surface area contributed by atoms with Gasteiger partial charge in [0.15, 0.2) is 0 Å². The predicted molar refractivity (Wildman–Crippen MR) is 62.9 cm³/mol. The molecule has 0 aromatic carbocycles. The Hall–Kier alpha value is -0.900. The van der Waals surface area contributed by atoms with E-state index in [1.54, 1.807) is 13.1 Å². The van der Waals surface area contributed by atoms with Gasteiger partial charge in [-0.3, -0.25) is 4.79 Å². The van der Waals surface area contributed by atoms with Gasteiger partial charge in [-0.25, -0.2) is 4.98 Å². The lowest BCUT2D eigenvalue weighted by molar-refractivity contribution is -0.120. The van der Waals surface area contributed by atoms with Crippen molar-refractivity contribution in [2.45, 2.75) is 13.3 Å². The van der Waals surface area contributed by atoms with Crippen LogP contribution in [0.25, 0.3) is 0 Å². The van der Waals surface area contributed by atoms with Gasteiger partial charge in [0, 0.05) is 25.2 Å². The quantitative estimate of drug-likeness (QED) is 0.825. The van der Waals surface area contributed by atoms with E-state index in [-0.39, 0.29) is 11.7 Å². The van der Waals surface area contributed by atoms with Crippen molar-refractivity contribution in [3.8, 4) is 0 Å². The molecule has 1 aromatic rings. The van der Waals surface area contributed by atoms with Crippen LogP contribution in [0.4, 0.5) is 5.82 Å². The molecule has 0 unspecified atom stereocenters. The maximum atomic E-state index is 11.2. The van der Waals surface area contributed by atoms with E-state index in [1.807, 2.05) is 12.1 Å². The highest BCUT2D eigenvalue weighted by atomic mass is 79.9. The Morgan fingerprint density at radius 2 is 2.47 bits per heavy atom. The molecule has 0 aliphatic carbocycles. The lowest BCUT2D eigenvalue weighted by atomic mass is 10.1. The monoisotopic (exact) mass is 268 g/mol. The first kappa shape index (κ1) is 10.6. The van der Waals surface area contributed by atoms with E-state index in [9.17, 15) is 4.79 Å². The largest absolute Gasteiger partial charge is 0.355 e. The predicted octanol–water partition coefficient (Wildman–Crippen LogP) is 2.26. The second kappa shape index (κ2) is 4.31. The van der Waals surface area contributed by atoms with E-state index in [0.717, 1.165) is 29.8 Å².